The summed E-state index contributed by atoms with van der Waals surface area (Å²) in [5, 5.41) is 15.8. The number of aromatic nitrogens is 1. The number of piperidine rings is 1. The van der Waals surface area contributed by atoms with Gasteiger partial charge in [0.2, 0.25) is 0 Å². The molecule has 1 aliphatic rings. The van der Waals surface area contributed by atoms with E-state index in [2.05, 4.69) is 35.2 Å². The second-order valence-electron chi connectivity index (χ2n) is 7.66. The first kappa shape index (κ1) is 18.1. The summed E-state index contributed by atoms with van der Waals surface area (Å²) >= 11 is 0. The summed E-state index contributed by atoms with van der Waals surface area (Å²) in [5.74, 6) is 0.00580. The highest BCUT2D eigenvalue weighted by atomic mass is 19.1. The van der Waals surface area contributed by atoms with E-state index in [0.717, 1.165) is 48.1 Å². The number of fused-ring (bicyclic) bond motifs is 1. The Labute approximate surface area is 158 Å². The number of aryl methyl sites for hydroxylation is 2. The maximum Gasteiger partial charge on any atom is 0.170 e. The maximum absolute atomic E-state index is 13.3. The number of halogens is 1. The minimum Gasteiger partial charge on any atom is -0.387 e. The lowest BCUT2D eigenvalue weighted by Gasteiger charge is -2.32. The monoisotopic (exact) mass is 368 g/mol. The third kappa shape index (κ3) is 3.75. The van der Waals surface area contributed by atoms with Gasteiger partial charge in [0, 0.05) is 23.9 Å². The maximum atomic E-state index is 13.3. The van der Waals surface area contributed by atoms with E-state index < -0.39 is 6.10 Å². The van der Waals surface area contributed by atoms with Crippen LogP contribution in [0.2, 0.25) is 0 Å². The van der Waals surface area contributed by atoms with E-state index in [9.17, 15) is 9.50 Å². The van der Waals surface area contributed by atoms with Gasteiger partial charge in [0.05, 0.1) is 11.8 Å². The quantitative estimate of drug-likeness (QED) is 0.737. The van der Waals surface area contributed by atoms with E-state index >= 15 is 0 Å². The molecule has 0 bridgehead atoms. The fourth-order valence-corrected chi connectivity index (χ4v) is 4.08. The molecule has 1 fully saturated rings. The van der Waals surface area contributed by atoms with E-state index in [-0.39, 0.29) is 5.82 Å². The number of hydrogen-bond donors (Lipinski definition) is 1. The van der Waals surface area contributed by atoms with Crippen LogP contribution < -0.4 is 0 Å². The fourth-order valence-electron chi connectivity index (χ4n) is 4.08. The molecule has 1 aromatic heterocycles. The molecule has 1 atom stereocenters. The van der Waals surface area contributed by atoms with Crippen molar-refractivity contribution < 1.29 is 14.0 Å². The summed E-state index contributed by atoms with van der Waals surface area (Å²) in [5.41, 5.74) is 4.76. The van der Waals surface area contributed by atoms with Gasteiger partial charge in [0.15, 0.2) is 5.58 Å². The van der Waals surface area contributed by atoms with Crippen LogP contribution in [0.4, 0.5) is 4.39 Å². The van der Waals surface area contributed by atoms with Crippen molar-refractivity contribution in [2.45, 2.75) is 38.7 Å². The second-order valence-corrected chi connectivity index (χ2v) is 7.66. The molecular formula is C22H25FN2O2. The second kappa shape index (κ2) is 7.41. The van der Waals surface area contributed by atoms with Crippen molar-refractivity contribution in [3.8, 4) is 0 Å². The molecule has 0 saturated carbocycles. The lowest BCUT2D eigenvalue weighted by molar-refractivity contribution is 0.0963. The smallest absolute Gasteiger partial charge is 0.170 e. The predicted molar refractivity (Wildman–Crippen MR) is 103 cm³/mol. The van der Waals surface area contributed by atoms with Gasteiger partial charge in [-0.05, 0) is 63.0 Å². The van der Waals surface area contributed by atoms with Gasteiger partial charge in [0.1, 0.15) is 5.82 Å². The number of benzene rings is 2. The van der Waals surface area contributed by atoms with Crippen LogP contribution in [-0.2, 0) is 0 Å². The molecule has 0 amide bonds. The molecule has 2 heterocycles. The number of aliphatic hydroxyl groups excluding tert-OH is 1. The Kier molecular flexibility index (Phi) is 4.98. The van der Waals surface area contributed by atoms with Gasteiger partial charge in [0.25, 0.3) is 0 Å². The molecule has 5 heteroatoms. The molecular weight excluding hydrogens is 343 g/mol. The van der Waals surface area contributed by atoms with Crippen molar-refractivity contribution in [2.75, 3.05) is 19.6 Å². The summed E-state index contributed by atoms with van der Waals surface area (Å²) < 4.78 is 18.6. The Bertz CT molecular complexity index is 945. The normalized spacial score (nSPS) is 17.5. The van der Waals surface area contributed by atoms with Crippen LogP contribution in [0.15, 0.2) is 40.9 Å². The molecule has 1 aliphatic heterocycles. The van der Waals surface area contributed by atoms with Gasteiger partial charge in [-0.2, -0.15) is 0 Å². The van der Waals surface area contributed by atoms with Crippen LogP contribution in [0, 0.1) is 19.7 Å². The van der Waals surface area contributed by atoms with Gasteiger partial charge in [-0.1, -0.05) is 28.9 Å². The molecule has 0 unspecified atom stereocenters. The van der Waals surface area contributed by atoms with E-state index in [1.807, 2.05) is 6.92 Å². The van der Waals surface area contributed by atoms with Crippen LogP contribution in [0.25, 0.3) is 11.0 Å². The Balaban J connectivity index is 1.40. The molecule has 142 valence electrons. The zero-order valence-corrected chi connectivity index (χ0v) is 15.8. The zero-order chi connectivity index (χ0) is 19.0. The van der Waals surface area contributed by atoms with Crippen molar-refractivity contribution in [3.05, 3.63) is 64.6 Å². The highest BCUT2D eigenvalue weighted by molar-refractivity contribution is 5.79. The van der Waals surface area contributed by atoms with Gasteiger partial charge in [-0.3, -0.25) is 0 Å². The third-order valence-electron chi connectivity index (χ3n) is 5.66. The minimum atomic E-state index is -0.475. The number of rotatable bonds is 4. The average molecular weight is 368 g/mol. The number of hydrogen-bond acceptors (Lipinski definition) is 4. The molecule has 27 heavy (non-hydrogen) atoms. The van der Waals surface area contributed by atoms with Crippen LogP contribution in [0.1, 0.15) is 47.2 Å². The van der Waals surface area contributed by atoms with Crippen molar-refractivity contribution in [1.29, 1.82) is 0 Å². The number of likely N-dealkylation sites (tertiary alicyclic amines) is 1. The van der Waals surface area contributed by atoms with Gasteiger partial charge >= 0.3 is 0 Å². The third-order valence-corrected chi connectivity index (χ3v) is 5.66. The first-order valence-electron chi connectivity index (χ1n) is 9.53. The van der Waals surface area contributed by atoms with E-state index in [1.54, 1.807) is 6.07 Å². The Hall–Kier alpha value is -2.24. The Morgan fingerprint density at radius 2 is 1.96 bits per heavy atom. The Morgan fingerprint density at radius 3 is 2.74 bits per heavy atom. The molecule has 1 saturated heterocycles. The molecule has 0 aliphatic carbocycles. The lowest BCUT2D eigenvalue weighted by Crippen LogP contribution is -2.36. The molecule has 0 spiro atoms. The SMILES string of the molecule is Cc1ccc(C)c([C@@H](O)CN2CCC(c3noc4cc(F)ccc34)CC2)c1. The van der Waals surface area contributed by atoms with E-state index in [1.165, 1.54) is 17.7 Å². The molecule has 2 aromatic carbocycles. The van der Waals surface area contributed by atoms with Crippen LogP contribution in [-0.4, -0.2) is 34.8 Å². The van der Waals surface area contributed by atoms with Crippen molar-refractivity contribution in [1.82, 2.24) is 10.1 Å². The largest absolute Gasteiger partial charge is 0.387 e. The van der Waals surface area contributed by atoms with Crippen molar-refractivity contribution >= 4 is 11.0 Å². The van der Waals surface area contributed by atoms with Gasteiger partial charge in [-0.15, -0.1) is 0 Å². The lowest BCUT2D eigenvalue weighted by atomic mass is 9.91. The van der Waals surface area contributed by atoms with Crippen molar-refractivity contribution in [3.63, 3.8) is 0 Å². The molecule has 4 nitrogen and oxygen atoms in total. The average Bonchev–Trinajstić information content (AvgIpc) is 3.07. The first-order chi connectivity index (χ1) is 13.0. The summed E-state index contributed by atoms with van der Waals surface area (Å²) in [6, 6.07) is 10.8. The molecule has 4 rings (SSSR count). The minimum absolute atomic E-state index is 0.305. The first-order valence-corrected chi connectivity index (χ1v) is 9.53. The molecule has 3 aromatic rings. The topological polar surface area (TPSA) is 49.5 Å². The Morgan fingerprint density at radius 1 is 1.19 bits per heavy atom. The van der Waals surface area contributed by atoms with Gasteiger partial charge in [-0.25, -0.2) is 4.39 Å². The highest BCUT2D eigenvalue weighted by Gasteiger charge is 2.26. The van der Waals surface area contributed by atoms with E-state index in [0.29, 0.717) is 18.0 Å². The summed E-state index contributed by atoms with van der Waals surface area (Å²) in [6.45, 7) is 6.55. The van der Waals surface area contributed by atoms with Crippen molar-refractivity contribution in [2.24, 2.45) is 0 Å². The summed E-state index contributed by atoms with van der Waals surface area (Å²) in [4.78, 5) is 2.31. The molecule has 0 radical (unpaired) electrons. The molecule has 1 N–H and O–H groups in total. The number of β-amino-alcohol motifs (C(OH)–C–C–N with tert-alkyl or cyclic N) is 1. The van der Waals surface area contributed by atoms with Gasteiger partial charge < -0.3 is 14.5 Å². The fraction of sp³-hybridized carbons (Fsp3) is 0.409. The predicted octanol–water partition coefficient (Wildman–Crippen LogP) is 4.50. The zero-order valence-electron chi connectivity index (χ0n) is 15.8. The van der Waals surface area contributed by atoms with E-state index in [4.69, 9.17) is 4.52 Å². The van der Waals surface area contributed by atoms with Crippen LogP contribution in [0.5, 0.6) is 0 Å². The highest BCUT2D eigenvalue weighted by Crippen LogP contribution is 2.33. The van der Waals surface area contributed by atoms with Crippen LogP contribution in [0.3, 0.4) is 0 Å². The van der Waals surface area contributed by atoms with Crippen LogP contribution >= 0.6 is 0 Å². The standard InChI is InChI=1S/C22H25FN2O2/c1-14-3-4-15(2)19(11-14)20(26)13-25-9-7-16(8-10-25)22-18-6-5-17(23)12-21(18)27-24-22/h3-6,11-12,16,20,26H,7-10,13H2,1-2H3/t20-/m0/s1. The summed E-state index contributed by atoms with van der Waals surface area (Å²) in [7, 11) is 0. The summed E-state index contributed by atoms with van der Waals surface area (Å²) in [6.07, 6.45) is 1.44. The number of aliphatic hydroxyl groups is 1. The number of nitrogens with zero attached hydrogens (tertiary/aromatic N) is 2.